The highest BCUT2D eigenvalue weighted by Gasteiger charge is 2.18. The molecule has 0 fully saturated rings. The summed E-state index contributed by atoms with van der Waals surface area (Å²) in [5.41, 5.74) is 5.78. The van der Waals surface area contributed by atoms with Crippen LogP contribution < -0.4 is 10.5 Å². The topological polar surface area (TPSA) is 116 Å². The van der Waals surface area contributed by atoms with Gasteiger partial charge >= 0.3 is 0 Å². The number of hydrogen-bond acceptors (Lipinski definition) is 5. The first-order valence-electron chi connectivity index (χ1n) is 5.77. The highest BCUT2D eigenvalue weighted by atomic mass is 32.2. The molecule has 0 aliphatic heterocycles. The van der Waals surface area contributed by atoms with Crippen molar-refractivity contribution in [3.63, 3.8) is 0 Å². The van der Waals surface area contributed by atoms with Crippen molar-refractivity contribution in [1.82, 2.24) is 9.62 Å². The van der Waals surface area contributed by atoms with Gasteiger partial charge < -0.3 is 10.6 Å². The molecule has 0 saturated carbocycles. The maximum Gasteiger partial charge on any atom is 0.241 e. The van der Waals surface area contributed by atoms with E-state index in [1.165, 1.54) is 23.1 Å². The van der Waals surface area contributed by atoms with E-state index in [0.29, 0.717) is 5.69 Å². The lowest BCUT2D eigenvalue weighted by molar-refractivity contribution is -0.128. The van der Waals surface area contributed by atoms with Crippen molar-refractivity contribution in [2.45, 2.75) is 11.3 Å². The number of sulfonamides is 1. The number of carbonyl (C=O) groups is 1. The number of nitrogens with one attached hydrogen (secondary N) is 1. The van der Waals surface area contributed by atoms with Crippen molar-refractivity contribution in [3.05, 3.63) is 23.8 Å². The zero-order valence-corrected chi connectivity index (χ0v) is 12.1. The van der Waals surface area contributed by atoms with Crippen molar-refractivity contribution in [2.24, 2.45) is 0 Å². The first-order chi connectivity index (χ1) is 9.27. The largest absolute Gasteiger partial charge is 0.399 e. The molecule has 1 aromatic rings. The average molecular weight is 296 g/mol. The van der Waals surface area contributed by atoms with E-state index in [9.17, 15) is 13.2 Å². The Labute approximate surface area is 118 Å². The molecule has 0 bridgehead atoms. The van der Waals surface area contributed by atoms with Crippen LogP contribution in [0.25, 0.3) is 0 Å². The van der Waals surface area contributed by atoms with E-state index in [1.807, 2.05) is 0 Å². The van der Waals surface area contributed by atoms with Crippen LogP contribution in [0.15, 0.2) is 23.1 Å². The van der Waals surface area contributed by atoms with Crippen LogP contribution in [0.3, 0.4) is 0 Å². The zero-order valence-electron chi connectivity index (χ0n) is 11.3. The second kappa shape index (κ2) is 6.36. The third kappa shape index (κ3) is 3.94. The molecular formula is C12H16N4O3S. The van der Waals surface area contributed by atoms with E-state index in [1.54, 1.807) is 20.2 Å². The summed E-state index contributed by atoms with van der Waals surface area (Å²) in [7, 11) is -0.664. The van der Waals surface area contributed by atoms with Crippen LogP contribution in [0.5, 0.6) is 0 Å². The molecule has 1 rings (SSSR count). The van der Waals surface area contributed by atoms with Gasteiger partial charge in [0.05, 0.1) is 10.5 Å². The number of hydrogen-bond donors (Lipinski definition) is 2. The quantitative estimate of drug-likeness (QED) is 0.736. The van der Waals surface area contributed by atoms with Gasteiger partial charge in [0.25, 0.3) is 0 Å². The molecule has 0 saturated heterocycles. The molecule has 0 unspecified atom stereocenters. The number of amides is 1. The molecular weight excluding hydrogens is 280 g/mol. The van der Waals surface area contributed by atoms with Gasteiger partial charge in [0, 0.05) is 32.7 Å². The van der Waals surface area contributed by atoms with Crippen molar-refractivity contribution < 1.29 is 13.2 Å². The van der Waals surface area contributed by atoms with Gasteiger partial charge in [-0.25, -0.2) is 13.1 Å². The van der Waals surface area contributed by atoms with Gasteiger partial charge in [-0.05, 0) is 18.2 Å². The van der Waals surface area contributed by atoms with Gasteiger partial charge in [-0.2, -0.15) is 5.26 Å². The number of anilines is 1. The molecule has 108 valence electrons. The Balaban J connectivity index is 2.85. The summed E-state index contributed by atoms with van der Waals surface area (Å²) in [6.07, 6.45) is 0.0447. The van der Waals surface area contributed by atoms with E-state index in [4.69, 9.17) is 11.0 Å². The molecule has 0 aromatic heterocycles. The van der Waals surface area contributed by atoms with E-state index >= 15 is 0 Å². The lowest BCUT2D eigenvalue weighted by Crippen LogP contribution is -2.30. The van der Waals surface area contributed by atoms with Crippen molar-refractivity contribution in [3.8, 4) is 6.07 Å². The van der Waals surface area contributed by atoms with Crippen molar-refractivity contribution in [2.75, 3.05) is 26.4 Å². The number of nitrogens with zero attached hydrogens (tertiary/aromatic N) is 2. The third-order valence-corrected chi connectivity index (χ3v) is 4.06. The van der Waals surface area contributed by atoms with Crippen molar-refractivity contribution >= 4 is 21.6 Å². The van der Waals surface area contributed by atoms with Crippen LogP contribution in [0.4, 0.5) is 5.69 Å². The summed E-state index contributed by atoms with van der Waals surface area (Å²) in [6.45, 7) is -0.0331. The van der Waals surface area contributed by atoms with Gasteiger partial charge in [0.2, 0.25) is 15.9 Å². The van der Waals surface area contributed by atoms with Gasteiger partial charge in [0.1, 0.15) is 6.07 Å². The lowest BCUT2D eigenvalue weighted by Gasteiger charge is -2.11. The summed E-state index contributed by atoms with van der Waals surface area (Å²) in [5, 5.41) is 8.93. The van der Waals surface area contributed by atoms with Crippen LogP contribution in [0.2, 0.25) is 0 Å². The number of nitrogens with two attached hydrogens (primary N) is 1. The molecule has 1 amide bonds. The zero-order chi connectivity index (χ0) is 15.3. The standard InChI is InChI=1S/C12H16N4O3S/c1-16(2)12(17)5-6-15-20(18,19)11-4-3-10(14)7-9(11)8-13/h3-4,7,15H,5-6,14H2,1-2H3. The summed E-state index contributed by atoms with van der Waals surface area (Å²) >= 11 is 0. The fourth-order valence-electron chi connectivity index (χ4n) is 1.46. The Hall–Kier alpha value is -2.11. The fraction of sp³-hybridized carbons (Fsp3) is 0.333. The van der Waals surface area contributed by atoms with Crippen LogP contribution in [0, 0.1) is 11.3 Å². The molecule has 0 spiro atoms. The van der Waals surface area contributed by atoms with E-state index < -0.39 is 10.0 Å². The lowest BCUT2D eigenvalue weighted by atomic mass is 10.2. The fourth-order valence-corrected chi connectivity index (χ4v) is 2.63. The highest BCUT2D eigenvalue weighted by molar-refractivity contribution is 7.89. The number of rotatable bonds is 5. The Morgan fingerprint density at radius 2 is 2.10 bits per heavy atom. The number of benzene rings is 1. The molecule has 8 heteroatoms. The second-order valence-corrected chi connectivity index (χ2v) is 6.04. The highest BCUT2D eigenvalue weighted by Crippen LogP contribution is 2.17. The minimum absolute atomic E-state index is 0.0311. The average Bonchev–Trinajstić information content (AvgIpc) is 2.37. The minimum Gasteiger partial charge on any atom is -0.399 e. The summed E-state index contributed by atoms with van der Waals surface area (Å²) in [6, 6.07) is 5.75. The molecule has 0 heterocycles. The Kier molecular flexibility index (Phi) is 5.07. The predicted molar refractivity (Wildman–Crippen MR) is 74.1 cm³/mol. The third-order valence-electron chi connectivity index (χ3n) is 2.54. The van der Waals surface area contributed by atoms with Crippen LogP contribution in [-0.2, 0) is 14.8 Å². The summed E-state index contributed by atoms with van der Waals surface area (Å²) < 4.78 is 26.4. The molecule has 0 atom stereocenters. The SMILES string of the molecule is CN(C)C(=O)CCNS(=O)(=O)c1ccc(N)cc1C#N. The van der Waals surface area contributed by atoms with Crippen LogP contribution in [0.1, 0.15) is 12.0 Å². The maximum atomic E-state index is 12.0. The molecule has 7 nitrogen and oxygen atoms in total. The molecule has 0 radical (unpaired) electrons. The first-order valence-corrected chi connectivity index (χ1v) is 7.25. The normalized spacial score (nSPS) is 10.8. The molecule has 1 aromatic carbocycles. The molecule has 0 aliphatic carbocycles. The first kappa shape index (κ1) is 15.9. The smallest absolute Gasteiger partial charge is 0.241 e. The number of carbonyl (C=O) groups excluding carboxylic acids is 1. The maximum absolute atomic E-state index is 12.0. The summed E-state index contributed by atoms with van der Waals surface area (Å²) in [5.74, 6) is -0.189. The van der Waals surface area contributed by atoms with Crippen molar-refractivity contribution in [1.29, 1.82) is 5.26 Å². The van der Waals surface area contributed by atoms with Gasteiger partial charge in [-0.3, -0.25) is 4.79 Å². The summed E-state index contributed by atoms with van der Waals surface area (Å²) in [4.78, 5) is 12.6. The van der Waals surface area contributed by atoms with Crippen LogP contribution in [-0.4, -0.2) is 39.9 Å². The van der Waals surface area contributed by atoms with Gasteiger partial charge in [-0.1, -0.05) is 0 Å². The van der Waals surface area contributed by atoms with Crippen LogP contribution >= 0.6 is 0 Å². The predicted octanol–water partition coefficient (Wildman–Crippen LogP) is -0.103. The molecule has 20 heavy (non-hydrogen) atoms. The van der Waals surface area contributed by atoms with E-state index in [-0.39, 0.29) is 29.3 Å². The Morgan fingerprint density at radius 3 is 2.65 bits per heavy atom. The van der Waals surface area contributed by atoms with E-state index in [2.05, 4.69) is 4.72 Å². The number of nitrogen functional groups attached to an aromatic ring is 1. The minimum atomic E-state index is -3.84. The van der Waals surface area contributed by atoms with E-state index in [0.717, 1.165) is 0 Å². The number of nitriles is 1. The second-order valence-electron chi connectivity index (χ2n) is 4.30. The monoisotopic (exact) mass is 296 g/mol. The Bertz CT molecular complexity index is 647. The Morgan fingerprint density at radius 1 is 1.45 bits per heavy atom. The molecule has 0 aliphatic rings. The molecule has 3 N–H and O–H groups in total. The van der Waals surface area contributed by atoms with Gasteiger partial charge in [0.15, 0.2) is 0 Å². The van der Waals surface area contributed by atoms with Gasteiger partial charge in [-0.15, -0.1) is 0 Å².